The minimum atomic E-state index is -0.782. The van der Waals surface area contributed by atoms with Crippen LogP contribution in [0, 0.1) is 11.2 Å². The molecule has 2 aliphatic carbocycles. The molecule has 0 radical (unpaired) electrons. The first kappa shape index (κ1) is 20.0. The lowest BCUT2D eigenvalue weighted by Gasteiger charge is -2.43. The number of allylic oxidation sites excluding steroid dienone is 3. The van der Waals surface area contributed by atoms with Gasteiger partial charge in [0.05, 0.1) is 5.60 Å². The van der Waals surface area contributed by atoms with Gasteiger partial charge in [-0.05, 0) is 68.9 Å². The van der Waals surface area contributed by atoms with Crippen molar-refractivity contribution < 1.29 is 9.50 Å². The van der Waals surface area contributed by atoms with Gasteiger partial charge in [0.15, 0.2) is 0 Å². The quantitative estimate of drug-likeness (QED) is 0.731. The number of fused-ring (bicyclic) bond motifs is 1. The molecule has 2 N–H and O–H groups in total. The Morgan fingerprint density at radius 2 is 2.15 bits per heavy atom. The molecule has 3 rings (SSSR count). The van der Waals surface area contributed by atoms with Crippen LogP contribution in [0.4, 0.5) is 4.39 Å². The molecule has 1 fully saturated rings. The average Bonchev–Trinajstić information content (AvgIpc) is 2.88. The molecule has 0 aliphatic heterocycles. The van der Waals surface area contributed by atoms with Crippen molar-refractivity contribution in [3.8, 4) is 0 Å². The fourth-order valence-corrected chi connectivity index (χ4v) is 4.83. The van der Waals surface area contributed by atoms with Gasteiger partial charge in [-0.15, -0.1) is 0 Å². The van der Waals surface area contributed by atoms with Crippen LogP contribution in [-0.2, 0) is 13.0 Å². The van der Waals surface area contributed by atoms with Gasteiger partial charge < -0.3 is 10.4 Å². The Morgan fingerprint density at radius 3 is 2.85 bits per heavy atom. The number of halogens is 1. The minimum absolute atomic E-state index is 0.176. The van der Waals surface area contributed by atoms with Crippen LogP contribution in [0.25, 0.3) is 0 Å². The largest absolute Gasteiger partial charge is 0.389 e. The van der Waals surface area contributed by atoms with Crippen LogP contribution in [0.2, 0.25) is 0 Å². The van der Waals surface area contributed by atoms with Crippen LogP contribution in [0.5, 0.6) is 0 Å². The van der Waals surface area contributed by atoms with Crippen molar-refractivity contribution in [3.63, 3.8) is 0 Å². The van der Waals surface area contributed by atoms with E-state index >= 15 is 0 Å². The van der Waals surface area contributed by atoms with Crippen LogP contribution in [0.3, 0.4) is 0 Å². The summed E-state index contributed by atoms with van der Waals surface area (Å²) in [4.78, 5) is 4.20. The highest BCUT2D eigenvalue weighted by atomic mass is 19.1. The van der Waals surface area contributed by atoms with Gasteiger partial charge in [0.2, 0.25) is 0 Å². The summed E-state index contributed by atoms with van der Waals surface area (Å²) in [6.07, 6.45) is 7.97. The molecular formula is C23H31FN2O. The number of benzene rings is 1. The summed E-state index contributed by atoms with van der Waals surface area (Å²) in [5, 5.41) is 14.7. The number of aryl methyl sites for hydroxylation is 1. The summed E-state index contributed by atoms with van der Waals surface area (Å²) < 4.78 is 14.2. The maximum Gasteiger partial charge on any atom is 0.127 e. The number of aliphatic hydroxyl groups is 1. The highest BCUT2D eigenvalue weighted by Gasteiger charge is 2.54. The molecule has 27 heavy (non-hydrogen) atoms. The number of nitrogens with zero attached hydrogens (tertiary/aromatic N) is 1. The summed E-state index contributed by atoms with van der Waals surface area (Å²) in [6, 6.07) is 5.25. The summed E-state index contributed by atoms with van der Waals surface area (Å²) in [6.45, 7) is 4.81. The Bertz CT molecular complexity index is 811. The molecule has 2 aliphatic rings. The molecule has 0 saturated heterocycles. The number of hydrogen-bond donors (Lipinski definition) is 2. The van der Waals surface area contributed by atoms with E-state index in [0.717, 1.165) is 24.8 Å². The third kappa shape index (κ3) is 3.53. The molecule has 0 spiro atoms. The Balaban J connectivity index is 1.85. The van der Waals surface area contributed by atoms with Gasteiger partial charge >= 0.3 is 0 Å². The Morgan fingerprint density at radius 1 is 1.37 bits per heavy atom. The lowest BCUT2D eigenvalue weighted by atomic mass is 9.65. The van der Waals surface area contributed by atoms with Gasteiger partial charge in [-0.2, -0.15) is 0 Å². The third-order valence-corrected chi connectivity index (χ3v) is 6.65. The number of rotatable bonds is 6. The molecule has 0 amide bonds. The standard InChI is InChI=1S/C23H31FN2O/c1-16-12-19-9-11-23(27,22(19,2)13-18(16)14-25-3)10-8-17-6-5-7-21(24)20(17)15-26-4/h5-7,12,14,26-27H,8-11,13,15H2,1-4H3. The fourth-order valence-electron chi connectivity index (χ4n) is 4.83. The Labute approximate surface area is 162 Å². The molecule has 1 saturated carbocycles. The normalized spacial score (nSPS) is 28.0. The van der Waals surface area contributed by atoms with Gasteiger partial charge in [-0.25, -0.2) is 4.39 Å². The number of aliphatic imine (C=N–C) groups is 1. The van der Waals surface area contributed by atoms with E-state index in [1.54, 1.807) is 13.1 Å². The first-order valence-electron chi connectivity index (χ1n) is 9.81. The molecule has 4 heteroatoms. The predicted molar refractivity (Wildman–Crippen MR) is 110 cm³/mol. The van der Waals surface area contributed by atoms with E-state index in [-0.39, 0.29) is 11.2 Å². The molecule has 0 heterocycles. The van der Waals surface area contributed by atoms with E-state index in [1.165, 1.54) is 22.8 Å². The maximum absolute atomic E-state index is 14.2. The lowest BCUT2D eigenvalue weighted by Crippen LogP contribution is -2.44. The van der Waals surface area contributed by atoms with Crippen molar-refractivity contribution in [2.24, 2.45) is 10.4 Å². The number of hydrogen-bond acceptors (Lipinski definition) is 3. The monoisotopic (exact) mass is 370 g/mol. The topological polar surface area (TPSA) is 44.6 Å². The molecule has 2 unspecified atom stereocenters. The van der Waals surface area contributed by atoms with E-state index in [1.807, 2.05) is 19.3 Å². The van der Waals surface area contributed by atoms with Gasteiger partial charge in [-0.1, -0.05) is 30.7 Å². The summed E-state index contributed by atoms with van der Waals surface area (Å²) in [5.74, 6) is -0.176. The highest BCUT2D eigenvalue weighted by Crippen LogP contribution is 2.57. The molecule has 0 aromatic heterocycles. The smallest absolute Gasteiger partial charge is 0.127 e. The van der Waals surface area contributed by atoms with Crippen LogP contribution in [-0.4, -0.2) is 31.0 Å². The van der Waals surface area contributed by atoms with Crippen LogP contribution in [0.1, 0.15) is 50.7 Å². The van der Waals surface area contributed by atoms with Crippen LogP contribution >= 0.6 is 0 Å². The molecule has 2 atom stereocenters. The van der Waals surface area contributed by atoms with E-state index in [4.69, 9.17) is 0 Å². The molecular weight excluding hydrogens is 339 g/mol. The summed E-state index contributed by atoms with van der Waals surface area (Å²) in [5.41, 5.74) is 4.42. The Hall–Kier alpha value is -1.78. The average molecular weight is 371 g/mol. The second-order valence-corrected chi connectivity index (χ2v) is 8.21. The Kier molecular flexibility index (Phi) is 5.68. The van der Waals surface area contributed by atoms with E-state index < -0.39 is 5.60 Å². The zero-order chi connectivity index (χ0) is 19.7. The maximum atomic E-state index is 14.2. The van der Waals surface area contributed by atoms with Crippen molar-refractivity contribution in [1.29, 1.82) is 0 Å². The third-order valence-electron chi connectivity index (χ3n) is 6.65. The molecule has 146 valence electrons. The second-order valence-electron chi connectivity index (χ2n) is 8.21. The van der Waals surface area contributed by atoms with Gasteiger partial charge in [0, 0.05) is 30.8 Å². The second kappa shape index (κ2) is 7.69. The van der Waals surface area contributed by atoms with Crippen LogP contribution < -0.4 is 5.32 Å². The zero-order valence-electron chi connectivity index (χ0n) is 16.9. The van der Waals surface area contributed by atoms with Crippen LogP contribution in [0.15, 0.2) is 46.0 Å². The minimum Gasteiger partial charge on any atom is -0.389 e. The van der Waals surface area contributed by atoms with E-state index in [9.17, 15) is 9.50 Å². The lowest BCUT2D eigenvalue weighted by molar-refractivity contribution is -0.0459. The summed E-state index contributed by atoms with van der Waals surface area (Å²) >= 11 is 0. The SMILES string of the molecule is CN=CC1=C(C)C=C2CCC(O)(CCc3cccc(F)c3CNC)C2(C)C1. The van der Waals surface area contributed by atoms with Gasteiger partial charge in [0.25, 0.3) is 0 Å². The predicted octanol–water partition coefficient (Wildman–Crippen LogP) is 4.36. The van der Waals surface area contributed by atoms with Crippen molar-refractivity contribution in [2.45, 2.75) is 58.1 Å². The first-order chi connectivity index (χ1) is 12.8. The molecule has 1 aromatic carbocycles. The van der Waals surface area contributed by atoms with Crippen molar-refractivity contribution >= 4 is 6.21 Å². The highest BCUT2D eigenvalue weighted by molar-refractivity contribution is 5.81. The van der Waals surface area contributed by atoms with Gasteiger partial charge in [0.1, 0.15) is 5.82 Å². The molecule has 3 nitrogen and oxygen atoms in total. The summed E-state index contributed by atoms with van der Waals surface area (Å²) in [7, 11) is 3.61. The van der Waals surface area contributed by atoms with E-state index in [0.29, 0.717) is 24.9 Å². The van der Waals surface area contributed by atoms with Crippen molar-refractivity contribution in [2.75, 3.05) is 14.1 Å². The fraction of sp³-hybridized carbons (Fsp3) is 0.522. The van der Waals surface area contributed by atoms with E-state index in [2.05, 4.69) is 30.2 Å². The first-order valence-corrected chi connectivity index (χ1v) is 9.81. The van der Waals surface area contributed by atoms with Crippen molar-refractivity contribution in [1.82, 2.24) is 5.32 Å². The molecule has 1 aromatic rings. The molecule has 0 bridgehead atoms. The van der Waals surface area contributed by atoms with Crippen molar-refractivity contribution in [3.05, 3.63) is 57.9 Å². The van der Waals surface area contributed by atoms with Gasteiger partial charge in [-0.3, -0.25) is 4.99 Å². The number of nitrogens with one attached hydrogen (secondary N) is 1. The zero-order valence-corrected chi connectivity index (χ0v) is 16.9.